The van der Waals surface area contributed by atoms with E-state index in [1.165, 1.54) is 28.8 Å². The number of carbonyl (C=O) groups is 4. The molecule has 0 spiro atoms. The van der Waals surface area contributed by atoms with E-state index in [0.29, 0.717) is 23.0 Å². The fourth-order valence-corrected chi connectivity index (χ4v) is 7.13. The maximum Gasteiger partial charge on any atom is 0.326 e. The van der Waals surface area contributed by atoms with Crippen molar-refractivity contribution in [2.75, 3.05) is 0 Å². The minimum Gasteiger partial charge on any atom is -0.480 e. The van der Waals surface area contributed by atoms with Gasteiger partial charge in [-0.05, 0) is 61.3 Å². The first-order valence-corrected chi connectivity index (χ1v) is 12.5. The van der Waals surface area contributed by atoms with Crippen LogP contribution in [-0.4, -0.2) is 59.9 Å². The number of carbonyl (C=O) groups excluding carboxylic acids is 3. The van der Waals surface area contributed by atoms with Crippen LogP contribution in [-0.2, 0) is 20.9 Å². The molecule has 0 radical (unpaired) electrons. The van der Waals surface area contributed by atoms with E-state index >= 15 is 0 Å². The van der Waals surface area contributed by atoms with Gasteiger partial charge in [0.2, 0.25) is 11.8 Å². The molecule has 2 saturated carbocycles. The summed E-state index contributed by atoms with van der Waals surface area (Å²) >= 11 is 0. The number of aliphatic carboxylic acids is 1. The second-order valence-electron chi connectivity index (χ2n) is 10.7. The molecule has 3 fully saturated rings. The summed E-state index contributed by atoms with van der Waals surface area (Å²) in [5.41, 5.74) is 4.71. The molecule has 3 aromatic rings. The van der Waals surface area contributed by atoms with Gasteiger partial charge in [-0.1, -0.05) is 18.2 Å². The maximum absolute atomic E-state index is 14.5. The molecule has 1 saturated heterocycles. The maximum atomic E-state index is 14.5. The lowest BCUT2D eigenvalue weighted by Gasteiger charge is -2.54. The second-order valence-corrected chi connectivity index (χ2v) is 10.7. The van der Waals surface area contributed by atoms with Crippen molar-refractivity contribution < 1.29 is 28.7 Å². The third-order valence-electron chi connectivity index (χ3n) is 8.84. The lowest BCUT2D eigenvalue weighted by Crippen LogP contribution is -2.64. The van der Waals surface area contributed by atoms with Gasteiger partial charge >= 0.3 is 5.97 Å². The zero-order chi connectivity index (χ0) is 27.0. The molecule has 10 nitrogen and oxygen atoms in total. The van der Waals surface area contributed by atoms with E-state index in [1.54, 1.807) is 30.3 Å². The quantitative estimate of drug-likeness (QED) is 0.455. The highest BCUT2D eigenvalue weighted by Crippen LogP contribution is 2.73. The highest BCUT2D eigenvalue weighted by atomic mass is 19.1. The van der Waals surface area contributed by atoms with E-state index in [1.807, 2.05) is 0 Å². The van der Waals surface area contributed by atoms with Gasteiger partial charge in [-0.2, -0.15) is 5.10 Å². The number of nitrogens with zero attached hydrogens (tertiary/aromatic N) is 4. The topological polar surface area (TPSA) is 148 Å². The number of benzene rings is 1. The lowest BCUT2D eigenvalue weighted by atomic mass is 9.54. The van der Waals surface area contributed by atoms with Crippen LogP contribution in [0.3, 0.4) is 0 Å². The smallest absolute Gasteiger partial charge is 0.326 e. The van der Waals surface area contributed by atoms with Gasteiger partial charge in [0, 0.05) is 13.1 Å². The highest BCUT2D eigenvalue weighted by Gasteiger charge is 2.80. The number of piperidine rings is 1. The van der Waals surface area contributed by atoms with Crippen LogP contribution in [0.5, 0.6) is 0 Å². The molecular formula is C27H26FN5O5. The minimum absolute atomic E-state index is 0.163. The monoisotopic (exact) mass is 519 g/mol. The zero-order valence-electron chi connectivity index (χ0n) is 20.6. The zero-order valence-corrected chi connectivity index (χ0v) is 20.6. The summed E-state index contributed by atoms with van der Waals surface area (Å²) in [6.07, 6.45) is 2.64. The Morgan fingerprint density at radius 2 is 1.87 bits per heavy atom. The molecule has 38 heavy (non-hydrogen) atoms. The lowest BCUT2D eigenvalue weighted by molar-refractivity contribution is -0.161. The van der Waals surface area contributed by atoms with Gasteiger partial charge in [-0.25, -0.2) is 18.9 Å². The number of carboxylic acids is 1. The van der Waals surface area contributed by atoms with Crippen LogP contribution in [0.4, 0.5) is 4.39 Å². The van der Waals surface area contributed by atoms with E-state index in [0.717, 1.165) is 0 Å². The Bertz CT molecular complexity index is 1530. The van der Waals surface area contributed by atoms with E-state index in [4.69, 9.17) is 5.73 Å². The van der Waals surface area contributed by atoms with Crippen molar-refractivity contribution in [1.29, 1.82) is 0 Å². The third kappa shape index (κ3) is 3.17. The molecule has 0 unspecified atom stereocenters. The van der Waals surface area contributed by atoms with Crippen LogP contribution in [0.25, 0.3) is 11.0 Å². The molecule has 11 heteroatoms. The van der Waals surface area contributed by atoms with Gasteiger partial charge in [0.05, 0.1) is 16.3 Å². The standard InChI is InChI=1S/C27H26FN5O5/c1-14(34)22-18-6-4-8-30-23(18)32(31-22)13-21(35)33-20(24(36)37)9-16-12-27(16,33)26(25(29)38)10-15(11-26)17-5-2-3-7-19(17)28/h2-8,15-16,20H,9-13H2,1H3,(H2,29,38)(H,36,37)/t15?,16-,20-,26?,27-/m0/s1. The summed E-state index contributed by atoms with van der Waals surface area (Å²) in [7, 11) is 0. The van der Waals surface area contributed by atoms with Crippen molar-refractivity contribution in [3.8, 4) is 0 Å². The Morgan fingerprint density at radius 1 is 1.13 bits per heavy atom. The number of rotatable bonds is 7. The summed E-state index contributed by atoms with van der Waals surface area (Å²) in [6, 6.07) is 8.56. The molecule has 1 aliphatic heterocycles. The van der Waals surface area contributed by atoms with Crippen molar-refractivity contribution in [2.24, 2.45) is 17.1 Å². The number of pyridine rings is 1. The molecule has 2 aliphatic carbocycles. The summed E-state index contributed by atoms with van der Waals surface area (Å²) in [6.45, 7) is 1.01. The van der Waals surface area contributed by atoms with Gasteiger partial charge in [0.25, 0.3) is 0 Å². The second kappa shape index (κ2) is 8.17. The molecule has 0 bridgehead atoms. The van der Waals surface area contributed by atoms with Gasteiger partial charge in [0.1, 0.15) is 24.1 Å². The van der Waals surface area contributed by atoms with E-state index in [-0.39, 0.29) is 54.9 Å². The predicted octanol–water partition coefficient (Wildman–Crippen LogP) is 2.27. The number of fused-ring (bicyclic) bond motifs is 2. The number of hydrogen-bond acceptors (Lipinski definition) is 6. The molecule has 3 atom stereocenters. The van der Waals surface area contributed by atoms with Crippen molar-refractivity contribution in [1.82, 2.24) is 19.7 Å². The Kier molecular flexibility index (Phi) is 5.21. The number of likely N-dealkylation sites (tertiary alicyclic amines) is 1. The van der Waals surface area contributed by atoms with E-state index in [9.17, 15) is 28.7 Å². The van der Waals surface area contributed by atoms with Crippen LogP contribution in [0.2, 0.25) is 0 Å². The molecule has 1 aromatic carbocycles. The van der Waals surface area contributed by atoms with Crippen LogP contribution >= 0.6 is 0 Å². The molecular weight excluding hydrogens is 493 g/mol. The van der Waals surface area contributed by atoms with Crippen molar-refractivity contribution in [2.45, 2.75) is 56.7 Å². The SMILES string of the molecule is CC(=O)c1nn(CC(=O)N2[C@H](C(=O)O)C[C@H]3C[C@@]32C2(C(N)=O)CC(c3ccccc3F)C2)c2ncccc12. The molecule has 3 aliphatic rings. The average molecular weight is 520 g/mol. The van der Waals surface area contributed by atoms with Crippen molar-refractivity contribution in [3.63, 3.8) is 0 Å². The number of ketones is 1. The summed E-state index contributed by atoms with van der Waals surface area (Å²) in [5, 5.41) is 14.8. The number of aromatic nitrogens is 3. The molecule has 2 aromatic heterocycles. The minimum atomic E-state index is -1.17. The fourth-order valence-electron chi connectivity index (χ4n) is 7.13. The molecule has 196 valence electrons. The van der Waals surface area contributed by atoms with Crippen molar-refractivity contribution in [3.05, 3.63) is 59.7 Å². The summed E-state index contributed by atoms with van der Waals surface area (Å²) in [4.78, 5) is 56.9. The number of hydrogen-bond donors (Lipinski definition) is 2. The van der Waals surface area contributed by atoms with Gasteiger partial charge in [0.15, 0.2) is 11.4 Å². The normalized spacial score (nSPS) is 29.5. The number of nitrogens with two attached hydrogens (primary N) is 1. The Balaban J connectivity index is 1.37. The third-order valence-corrected chi connectivity index (χ3v) is 8.84. The van der Waals surface area contributed by atoms with Gasteiger partial charge in [-0.3, -0.25) is 14.4 Å². The van der Waals surface area contributed by atoms with Crippen LogP contribution in [0.15, 0.2) is 42.6 Å². The van der Waals surface area contributed by atoms with E-state index < -0.39 is 34.8 Å². The molecule has 2 amide bonds. The predicted molar refractivity (Wildman–Crippen MR) is 131 cm³/mol. The number of halogens is 1. The van der Waals surface area contributed by atoms with Crippen molar-refractivity contribution >= 4 is 34.6 Å². The van der Waals surface area contributed by atoms with Crippen LogP contribution < -0.4 is 5.73 Å². The molecule has 3 heterocycles. The first kappa shape index (κ1) is 24.2. The van der Waals surface area contributed by atoms with E-state index in [2.05, 4.69) is 10.1 Å². The largest absolute Gasteiger partial charge is 0.480 e. The van der Waals surface area contributed by atoms with Crippen LogP contribution in [0.1, 0.15) is 54.6 Å². The number of Topliss-reactive ketones (excluding diaryl/α,β-unsaturated/α-hetero) is 1. The summed E-state index contributed by atoms with van der Waals surface area (Å²) in [5.74, 6) is -3.46. The number of carboxylic acid groups (broad SMARTS) is 1. The fraction of sp³-hybridized carbons (Fsp3) is 0.407. The number of primary amides is 1. The Hall–Kier alpha value is -4.15. The average Bonchev–Trinajstić information content (AvgIpc) is 3.27. The number of amides is 2. The Morgan fingerprint density at radius 3 is 2.53 bits per heavy atom. The molecule has 6 rings (SSSR count). The Labute approximate surface area is 216 Å². The highest BCUT2D eigenvalue weighted by molar-refractivity contribution is 6.04. The summed E-state index contributed by atoms with van der Waals surface area (Å²) < 4.78 is 15.8. The van der Waals surface area contributed by atoms with Gasteiger partial charge < -0.3 is 15.7 Å². The first-order valence-electron chi connectivity index (χ1n) is 12.5. The van der Waals surface area contributed by atoms with Gasteiger partial charge in [-0.15, -0.1) is 0 Å². The first-order chi connectivity index (χ1) is 18.1. The molecule has 3 N–H and O–H groups in total. The van der Waals surface area contributed by atoms with Crippen LogP contribution in [0, 0.1) is 17.2 Å².